The number of carboxylic acid groups (broad SMARTS) is 1. The summed E-state index contributed by atoms with van der Waals surface area (Å²) in [7, 11) is 0. The Balaban J connectivity index is 2.19. The van der Waals surface area contributed by atoms with Crippen LogP contribution in [0, 0.1) is 6.92 Å². The van der Waals surface area contributed by atoms with Crippen molar-refractivity contribution in [3.8, 4) is 0 Å². The highest BCUT2D eigenvalue weighted by molar-refractivity contribution is 7.13. The van der Waals surface area contributed by atoms with E-state index in [1.165, 1.54) is 11.3 Å². The van der Waals surface area contributed by atoms with Crippen LogP contribution in [0.15, 0.2) is 17.5 Å². The lowest BCUT2D eigenvalue weighted by Crippen LogP contribution is -2.03. The molecule has 2 aromatic rings. The molecule has 0 saturated heterocycles. The Morgan fingerprint density at radius 2 is 2.11 bits per heavy atom. The Morgan fingerprint density at radius 3 is 2.63 bits per heavy atom. The minimum atomic E-state index is -0.965. The van der Waals surface area contributed by atoms with Crippen molar-refractivity contribution in [3.63, 3.8) is 0 Å². The summed E-state index contributed by atoms with van der Waals surface area (Å²) in [5.41, 5.74) is 1.73. The van der Waals surface area contributed by atoms with Crippen molar-refractivity contribution in [2.24, 2.45) is 0 Å². The number of pyridine rings is 1. The van der Waals surface area contributed by atoms with Gasteiger partial charge in [0.05, 0.1) is 17.0 Å². The second-order valence-electron chi connectivity index (χ2n) is 4.49. The third-order valence-corrected chi connectivity index (χ3v) is 3.44. The van der Waals surface area contributed by atoms with E-state index in [4.69, 9.17) is 5.11 Å². The zero-order valence-electron chi connectivity index (χ0n) is 11.0. The molecule has 0 fully saturated rings. The molecule has 0 aromatic carbocycles. The monoisotopic (exact) mass is 277 g/mol. The number of nitrogens with one attached hydrogen (secondary N) is 1. The SMILES string of the molecule is Cc1nc(Nc2nc(C(C)C)cs2)ccc1C(=O)O. The Hall–Kier alpha value is -1.95. The average molecular weight is 277 g/mol. The summed E-state index contributed by atoms with van der Waals surface area (Å²) in [6.07, 6.45) is 0. The van der Waals surface area contributed by atoms with Crippen molar-refractivity contribution in [1.29, 1.82) is 0 Å². The normalized spacial score (nSPS) is 10.7. The first kappa shape index (κ1) is 13.5. The Bertz CT molecular complexity index is 608. The first-order valence-electron chi connectivity index (χ1n) is 5.90. The van der Waals surface area contributed by atoms with Gasteiger partial charge in [-0.1, -0.05) is 13.8 Å². The van der Waals surface area contributed by atoms with Crippen LogP contribution in [-0.2, 0) is 0 Å². The van der Waals surface area contributed by atoms with Gasteiger partial charge in [-0.3, -0.25) is 0 Å². The number of aromatic carboxylic acids is 1. The van der Waals surface area contributed by atoms with E-state index in [1.54, 1.807) is 19.1 Å². The largest absolute Gasteiger partial charge is 0.478 e. The number of hydrogen-bond acceptors (Lipinski definition) is 5. The number of hydrogen-bond donors (Lipinski definition) is 2. The number of nitrogens with zero attached hydrogens (tertiary/aromatic N) is 2. The molecule has 0 aliphatic heterocycles. The molecule has 0 aliphatic carbocycles. The number of aromatic nitrogens is 2. The lowest BCUT2D eigenvalue weighted by molar-refractivity contribution is 0.0695. The summed E-state index contributed by atoms with van der Waals surface area (Å²) in [5, 5.41) is 14.8. The molecule has 0 spiro atoms. The summed E-state index contributed by atoms with van der Waals surface area (Å²) < 4.78 is 0. The third-order valence-electron chi connectivity index (χ3n) is 2.66. The third kappa shape index (κ3) is 3.08. The molecule has 6 heteroatoms. The van der Waals surface area contributed by atoms with E-state index in [0.717, 1.165) is 10.8 Å². The molecule has 0 saturated carbocycles. The van der Waals surface area contributed by atoms with Gasteiger partial charge in [0, 0.05) is 5.38 Å². The summed E-state index contributed by atoms with van der Waals surface area (Å²) in [5.74, 6) is 0.0240. The number of carboxylic acids is 1. The van der Waals surface area contributed by atoms with Crippen LogP contribution in [0.5, 0.6) is 0 Å². The second-order valence-corrected chi connectivity index (χ2v) is 5.35. The number of rotatable bonds is 4. The van der Waals surface area contributed by atoms with Crippen LogP contribution in [0.2, 0.25) is 0 Å². The molecule has 100 valence electrons. The van der Waals surface area contributed by atoms with Gasteiger partial charge in [-0.05, 0) is 25.0 Å². The summed E-state index contributed by atoms with van der Waals surface area (Å²) >= 11 is 1.51. The van der Waals surface area contributed by atoms with Gasteiger partial charge < -0.3 is 10.4 Å². The predicted molar refractivity (Wildman–Crippen MR) is 75.4 cm³/mol. The number of anilines is 2. The fourth-order valence-corrected chi connectivity index (χ4v) is 2.45. The molecular formula is C13H15N3O2S. The maximum absolute atomic E-state index is 10.9. The zero-order chi connectivity index (χ0) is 14.0. The fraction of sp³-hybridized carbons (Fsp3) is 0.308. The first-order chi connectivity index (χ1) is 8.97. The van der Waals surface area contributed by atoms with Gasteiger partial charge in [0.25, 0.3) is 0 Å². The van der Waals surface area contributed by atoms with Crippen molar-refractivity contribution in [3.05, 3.63) is 34.5 Å². The van der Waals surface area contributed by atoms with E-state index in [-0.39, 0.29) is 5.56 Å². The summed E-state index contributed by atoms with van der Waals surface area (Å²) in [4.78, 5) is 19.6. The van der Waals surface area contributed by atoms with Gasteiger partial charge in [0.15, 0.2) is 5.13 Å². The van der Waals surface area contributed by atoms with E-state index >= 15 is 0 Å². The molecule has 2 rings (SSSR count). The van der Waals surface area contributed by atoms with Crippen molar-refractivity contribution in [2.45, 2.75) is 26.7 Å². The number of aryl methyl sites for hydroxylation is 1. The van der Waals surface area contributed by atoms with Gasteiger partial charge in [-0.15, -0.1) is 11.3 Å². The minimum absolute atomic E-state index is 0.215. The summed E-state index contributed by atoms with van der Waals surface area (Å²) in [6.45, 7) is 5.85. The molecule has 0 amide bonds. The van der Waals surface area contributed by atoms with Crippen LogP contribution >= 0.6 is 11.3 Å². The minimum Gasteiger partial charge on any atom is -0.478 e. The molecule has 2 N–H and O–H groups in total. The quantitative estimate of drug-likeness (QED) is 0.895. The molecule has 0 bridgehead atoms. The Labute approximate surface area is 115 Å². The lowest BCUT2D eigenvalue weighted by Gasteiger charge is -2.05. The fourth-order valence-electron chi connectivity index (χ4n) is 1.58. The maximum Gasteiger partial charge on any atom is 0.337 e. The molecular weight excluding hydrogens is 262 g/mol. The Morgan fingerprint density at radius 1 is 1.37 bits per heavy atom. The van der Waals surface area contributed by atoms with E-state index in [9.17, 15) is 4.79 Å². The zero-order valence-corrected chi connectivity index (χ0v) is 11.8. The molecule has 0 atom stereocenters. The van der Waals surface area contributed by atoms with Crippen LogP contribution in [0.25, 0.3) is 0 Å². The molecule has 0 radical (unpaired) electrons. The van der Waals surface area contributed by atoms with Crippen molar-refractivity contribution in [1.82, 2.24) is 9.97 Å². The smallest absolute Gasteiger partial charge is 0.337 e. The molecule has 5 nitrogen and oxygen atoms in total. The van der Waals surface area contributed by atoms with Crippen LogP contribution in [0.4, 0.5) is 10.9 Å². The van der Waals surface area contributed by atoms with Crippen LogP contribution < -0.4 is 5.32 Å². The van der Waals surface area contributed by atoms with Gasteiger partial charge >= 0.3 is 5.97 Å². The van der Waals surface area contributed by atoms with Gasteiger partial charge in [-0.2, -0.15) is 0 Å². The van der Waals surface area contributed by atoms with Crippen LogP contribution in [0.3, 0.4) is 0 Å². The van der Waals surface area contributed by atoms with Gasteiger partial charge in [0.1, 0.15) is 5.82 Å². The number of thiazole rings is 1. The molecule has 2 heterocycles. The van der Waals surface area contributed by atoms with Gasteiger partial charge in [-0.25, -0.2) is 14.8 Å². The van der Waals surface area contributed by atoms with Crippen molar-refractivity contribution < 1.29 is 9.90 Å². The molecule has 19 heavy (non-hydrogen) atoms. The standard InChI is InChI=1S/C13H15N3O2S/c1-7(2)10-6-19-13(15-10)16-11-5-4-9(12(17)18)8(3)14-11/h4-7H,1-3H3,(H,17,18)(H,14,15,16). The average Bonchev–Trinajstić information content (AvgIpc) is 2.77. The lowest BCUT2D eigenvalue weighted by atomic mass is 10.2. The topological polar surface area (TPSA) is 75.1 Å². The highest BCUT2D eigenvalue weighted by Gasteiger charge is 2.10. The Kier molecular flexibility index (Phi) is 3.80. The van der Waals surface area contributed by atoms with E-state index < -0.39 is 5.97 Å². The first-order valence-corrected chi connectivity index (χ1v) is 6.78. The van der Waals surface area contributed by atoms with Crippen molar-refractivity contribution >= 4 is 28.3 Å². The van der Waals surface area contributed by atoms with Crippen LogP contribution in [0.1, 0.15) is 41.5 Å². The molecule has 0 aliphatic rings. The van der Waals surface area contributed by atoms with E-state index in [1.807, 2.05) is 5.38 Å². The predicted octanol–water partition coefficient (Wildman–Crippen LogP) is 3.41. The summed E-state index contributed by atoms with van der Waals surface area (Å²) in [6, 6.07) is 3.19. The van der Waals surface area contributed by atoms with Crippen molar-refractivity contribution in [2.75, 3.05) is 5.32 Å². The van der Waals surface area contributed by atoms with Crippen LogP contribution in [-0.4, -0.2) is 21.0 Å². The number of carbonyl (C=O) groups is 1. The van der Waals surface area contributed by atoms with Gasteiger partial charge in [0.2, 0.25) is 0 Å². The van der Waals surface area contributed by atoms with E-state index in [2.05, 4.69) is 29.1 Å². The maximum atomic E-state index is 10.9. The second kappa shape index (κ2) is 5.36. The molecule has 0 unspecified atom stereocenters. The highest BCUT2D eigenvalue weighted by atomic mass is 32.1. The molecule has 2 aromatic heterocycles. The van der Waals surface area contributed by atoms with E-state index in [0.29, 0.717) is 17.4 Å². The highest BCUT2D eigenvalue weighted by Crippen LogP contribution is 2.24.